The van der Waals surface area contributed by atoms with Crippen LogP contribution < -0.4 is 9.64 Å². The van der Waals surface area contributed by atoms with E-state index < -0.39 is 21.5 Å². The van der Waals surface area contributed by atoms with Crippen molar-refractivity contribution in [2.24, 2.45) is 5.92 Å². The van der Waals surface area contributed by atoms with Crippen molar-refractivity contribution in [3.05, 3.63) is 60.2 Å². The minimum absolute atomic E-state index is 0.000525. The third-order valence-electron chi connectivity index (χ3n) is 3.80. The van der Waals surface area contributed by atoms with Gasteiger partial charge in [0.25, 0.3) is 0 Å². The quantitative estimate of drug-likeness (QED) is 0.710. The second-order valence-corrected chi connectivity index (χ2v) is 8.72. The Balaban J connectivity index is 2.28. The van der Waals surface area contributed by atoms with E-state index in [2.05, 4.69) is 0 Å². The Morgan fingerprint density at radius 1 is 1.04 bits per heavy atom. The fourth-order valence-electron chi connectivity index (χ4n) is 2.68. The molecular weight excluding hydrogens is 350 g/mol. The number of rotatable bonds is 8. The highest BCUT2D eigenvalue weighted by Gasteiger charge is 2.24. The molecule has 0 aromatic heterocycles. The molecule has 140 valence electrons. The van der Waals surface area contributed by atoms with Crippen molar-refractivity contribution in [3.63, 3.8) is 0 Å². The van der Waals surface area contributed by atoms with Crippen molar-refractivity contribution in [3.8, 4) is 5.75 Å². The first-order valence-corrected chi connectivity index (χ1v) is 10.3. The molecule has 0 spiro atoms. The molecule has 0 heterocycles. The van der Waals surface area contributed by atoms with Crippen molar-refractivity contribution in [1.82, 2.24) is 0 Å². The number of anilines is 1. The zero-order valence-corrected chi connectivity index (χ0v) is 16.2. The van der Waals surface area contributed by atoms with Crippen LogP contribution in [-0.4, -0.2) is 32.9 Å². The third-order valence-corrected chi connectivity index (χ3v) is 5.66. The molecular formula is C20H25NO4S. The van der Waals surface area contributed by atoms with Crippen molar-refractivity contribution in [1.29, 1.82) is 0 Å². The Morgan fingerprint density at radius 3 is 2.19 bits per heavy atom. The Hall–Kier alpha value is -2.34. The summed E-state index contributed by atoms with van der Waals surface area (Å²) in [4.78, 5) is 14.3. The molecule has 0 radical (unpaired) electrons. The van der Waals surface area contributed by atoms with Gasteiger partial charge in [0.15, 0.2) is 9.84 Å². The zero-order valence-electron chi connectivity index (χ0n) is 15.4. The highest BCUT2D eigenvalue weighted by atomic mass is 32.2. The number of ether oxygens (including phenoxy) is 1. The van der Waals surface area contributed by atoms with Crippen molar-refractivity contribution in [2.75, 3.05) is 23.5 Å². The molecule has 0 aliphatic carbocycles. The summed E-state index contributed by atoms with van der Waals surface area (Å²) in [7, 11) is -1.88. The van der Waals surface area contributed by atoms with E-state index >= 15 is 0 Å². The van der Waals surface area contributed by atoms with Gasteiger partial charge in [-0.05, 0) is 35.7 Å². The largest absolute Gasteiger partial charge is 0.497 e. The lowest BCUT2D eigenvalue weighted by Gasteiger charge is -2.23. The molecule has 26 heavy (non-hydrogen) atoms. The first-order chi connectivity index (χ1) is 12.3. The van der Waals surface area contributed by atoms with E-state index in [0.29, 0.717) is 18.0 Å². The summed E-state index contributed by atoms with van der Waals surface area (Å²) in [5.41, 5.74) is 1.57. The van der Waals surface area contributed by atoms with Gasteiger partial charge in [-0.3, -0.25) is 4.79 Å². The van der Waals surface area contributed by atoms with Gasteiger partial charge in [0, 0.05) is 5.69 Å². The van der Waals surface area contributed by atoms with Crippen LogP contribution in [0.15, 0.2) is 54.6 Å². The van der Waals surface area contributed by atoms with E-state index in [0.717, 1.165) is 5.56 Å². The Labute approximate surface area is 155 Å². The summed E-state index contributed by atoms with van der Waals surface area (Å²) < 4.78 is 29.7. The topological polar surface area (TPSA) is 63.7 Å². The number of hydrogen-bond acceptors (Lipinski definition) is 4. The number of hydrogen-bond donors (Lipinski definition) is 0. The molecule has 0 aliphatic rings. The van der Waals surface area contributed by atoms with Gasteiger partial charge in [-0.25, -0.2) is 8.42 Å². The lowest BCUT2D eigenvalue weighted by atomic mass is 10.2. The predicted molar refractivity (Wildman–Crippen MR) is 104 cm³/mol. The van der Waals surface area contributed by atoms with Gasteiger partial charge in [-0.15, -0.1) is 0 Å². The minimum atomic E-state index is -3.45. The molecule has 0 bridgehead atoms. The number of carbonyl (C=O) groups excluding carboxylic acids is 1. The van der Waals surface area contributed by atoms with E-state index in [1.54, 1.807) is 31.4 Å². The standard InChI is InChI=1S/C20H25NO4S/c1-16(2)14-26(23,24)15-20(22)21(13-17-7-5-4-6-8-17)18-9-11-19(25-3)12-10-18/h4-12,16H,13-15H2,1-3H3. The summed E-state index contributed by atoms with van der Waals surface area (Å²) in [6, 6.07) is 16.5. The van der Waals surface area contributed by atoms with Crippen LogP contribution in [0.4, 0.5) is 5.69 Å². The fraction of sp³-hybridized carbons (Fsp3) is 0.350. The van der Waals surface area contributed by atoms with Gasteiger partial charge in [0.05, 0.1) is 19.4 Å². The number of amides is 1. The molecule has 2 rings (SSSR count). The van der Waals surface area contributed by atoms with Crippen LogP contribution >= 0.6 is 0 Å². The number of nitrogens with zero attached hydrogens (tertiary/aromatic N) is 1. The average Bonchev–Trinajstić information content (AvgIpc) is 2.59. The molecule has 1 amide bonds. The molecule has 0 aliphatic heterocycles. The van der Waals surface area contributed by atoms with Crippen LogP contribution in [0, 0.1) is 5.92 Å². The maximum absolute atomic E-state index is 12.8. The number of sulfone groups is 1. The molecule has 0 unspecified atom stereocenters. The molecule has 0 atom stereocenters. The molecule has 2 aromatic carbocycles. The van der Waals surface area contributed by atoms with Gasteiger partial charge in [-0.2, -0.15) is 0 Å². The molecule has 0 saturated heterocycles. The molecule has 0 N–H and O–H groups in total. The summed E-state index contributed by atoms with van der Waals surface area (Å²) in [6.45, 7) is 3.96. The maximum atomic E-state index is 12.8. The SMILES string of the molecule is COc1ccc(N(Cc2ccccc2)C(=O)CS(=O)(=O)CC(C)C)cc1. The van der Waals surface area contributed by atoms with E-state index in [1.807, 2.05) is 44.2 Å². The highest BCUT2D eigenvalue weighted by Crippen LogP contribution is 2.22. The van der Waals surface area contributed by atoms with Crippen LogP contribution in [0.1, 0.15) is 19.4 Å². The van der Waals surface area contributed by atoms with E-state index in [1.165, 1.54) is 4.90 Å². The van der Waals surface area contributed by atoms with Gasteiger partial charge < -0.3 is 9.64 Å². The van der Waals surface area contributed by atoms with Gasteiger partial charge in [0.1, 0.15) is 11.5 Å². The molecule has 0 fully saturated rings. The summed E-state index contributed by atoms with van der Waals surface area (Å²) in [5, 5.41) is 0. The van der Waals surface area contributed by atoms with Gasteiger partial charge in [-0.1, -0.05) is 44.2 Å². The third kappa shape index (κ3) is 5.88. The Kier molecular flexibility index (Phi) is 6.80. The first-order valence-electron chi connectivity index (χ1n) is 8.49. The summed E-state index contributed by atoms with van der Waals surface area (Å²) in [5.74, 6) is -0.269. The van der Waals surface area contributed by atoms with E-state index in [4.69, 9.17) is 4.74 Å². The normalized spacial score (nSPS) is 11.4. The van der Waals surface area contributed by atoms with Crippen LogP contribution in [0.25, 0.3) is 0 Å². The lowest BCUT2D eigenvalue weighted by molar-refractivity contribution is -0.116. The van der Waals surface area contributed by atoms with Gasteiger partial charge in [0.2, 0.25) is 5.91 Å². The fourth-order valence-corrected chi connectivity index (χ4v) is 4.35. The van der Waals surface area contributed by atoms with Crippen LogP contribution in [0.5, 0.6) is 5.75 Å². The smallest absolute Gasteiger partial charge is 0.242 e. The number of methoxy groups -OCH3 is 1. The predicted octanol–water partition coefficient (Wildman–Crippen LogP) is 3.30. The van der Waals surface area contributed by atoms with Crippen molar-refractivity contribution < 1.29 is 17.9 Å². The number of benzene rings is 2. The highest BCUT2D eigenvalue weighted by molar-refractivity contribution is 7.92. The Bertz CT molecular complexity index is 815. The molecule has 0 saturated carbocycles. The molecule has 5 nitrogen and oxygen atoms in total. The molecule has 2 aromatic rings. The van der Waals surface area contributed by atoms with Crippen LogP contribution in [0.2, 0.25) is 0 Å². The maximum Gasteiger partial charge on any atom is 0.242 e. The van der Waals surface area contributed by atoms with E-state index in [9.17, 15) is 13.2 Å². The second kappa shape index (κ2) is 8.85. The van der Waals surface area contributed by atoms with Crippen LogP contribution in [-0.2, 0) is 21.2 Å². The van der Waals surface area contributed by atoms with E-state index in [-0.39, 0.29) is 11.7 Å². The summed E-state index contributed by atoms with van der Waals surface area (Å²) in [6.07, 6.45) is 0. The zero-order chi connectivity index (χ0) is 19.2. The lowest BCUT2D eigenvalue weighted by Crippen LogP contribution is -2.36. The monoisotopic (exact) mass is 375 g/mol. The van der Waals surface area contributed by atoms with Crippen molar-refractivity contribution >= 4 is 21.4 Å². The average molecular weight is 375 g/mol. The second-order valence-electron chi connectivity index (χ2n) is 6.61. The number of carbonyl (C=O) groups is 1. The van der Waals surface area contributed by atoms with Gasteiger partial charge >= 0.3 is 0 Å². The molecule has 6 heteroatoms. The summed E-state index contributed by atoms with van der Waals surface area (Å²) >= 11 is 0. The van der Waals surface area contributed by atoms with Crippen LogP contribution in [0.3, 0.4) is 0 Å². The minimum Gasteiger partial charge on any atom is -0.497 e. The Morgan fingerprint density at radius 2 is 1.65 bits per heavy atom. The first kappa shape index (κ1) is 20.0. The van der Waals surface area contributed by atoms with Crippen molar-refractivity contribution in [2.45, 2.75) is 20.4 Å².